The fourth-order valence-corrected chi connectivity index (χ4v) is 2.31. The number of nitrogens with zero attached hydrogens (tertiary/aromatic N) is 2. The first-order valence-corrected chi connectivity index (χ1v) is 6.19. The monoisotopic (exact) mass is 256 g/mol. The number of aliphatic hydroxyl groups is 1. The van der Waals surface area contributed by atoms with Crippen LogP contribution >= 0.6 is 11.5 Å². The molecular formula is C11H16N2O3S. The fourth-order valence-electron chi connectivity index (χ4n) is 1.65. The number of hydrogen-bond acceptors (Lipinski definition) is 5. The Morgan fingerprint density at radius 1 is 1.59 bits per heavy atom. The molecule has 94 valence electrons. The Morgan fingerprint density at radius 3 is 2.71 bits per heavy atom. The maximum atomic E-state index is 11.7. The van der Waals surface area contributed by atoms with Crippen LogP contribution in [0.1, 0.15) is 25.6 Å². The van der Waals surface area contributed by atoms with Gasteiger partial charge in [0.25, 0.3) is 0 Å². The van der Waals surface area contributed by atoms with Crippen molar-refractivity contribution in [2.45, 2.75) is 32.0 Å². The van der Waals surface area contributed by atoms with E-state index in [1.54, 1.807) is 12.3 Å². The summed E-state index contributed by atoms with van der Waals surface area (Å²) < 4.78 is 9.16. The van der Waals surface area contributed by atoms with Crippen molar-refractivity contribution in [3.63, 3.8) is 0 Å². The van der Waals surface area contributed by atoms with Gasteiger partial charge in [0.05, 0.1) is 18.0 Å². The van der Waals surface area contributed by atoms with E-state index in [-0.39, 0.29) is 19.2 Å². The van der Waals surface area contributed by atoms with Gasteiger partial charge in [0.15, 0.2) is 0 Å². The molecule has 0 aliphatic carbocycles. The minimum absolute atomic E-state index is 0.268. The summed E-state index contributed by atoms with van der Waals surface area (Å²) in [6, 6.07) is 1.77. The molecule has 0 unspecified atom stereocenters. The predicted octanol–water partition coefficient (Wildman–Crippen LogP) is 1.58. The van der Waals surface area contributed by atoms with Gasteiger partial charge in [-0.05, 0) is 38.4 Å². The summed E-state index contributed by atoms with van der Waals surface area (Å²) in [5, 5.41) is 10.2. The number of carbonyl (C=O) groups excluding carboxylic acids is 1. The molecule has 0 bridgehead atoms. The molecule has 0 aromatic carbocycles. The van der Waals surface area contributed by atoms with Crippen LogP contribution in [-0.2, 0) is 10.3 Å². The van der Waals surface area contributed by atoms with E-state index in [1.165, 1.54) is 16.4 Å². The predicted molar refractivity (Wildman–Crippen MR) is 63.8 cm³/mol. The maximum Gasteiger partial charge on any atom is 0.410 e. The lowest BCUT2D eigenvalue weighted by Gasteiger charge is -2.45. The van der Waals surface area contributed by atoms with Crippen LogP contribution in [0.5, 0.6) is 0 Å². The van der Waals surface area contributed by atoms with E-state index >= 15 is 0 Å². The van der Waals surface area contributed by atoms with Crippen molar-refractivity contribution in [1.82, 2.24) is 9.27 Å². The minimum Gasteiger partial charge on any atom is -0.444 e. The van der Waals surface area contributed by atoms with Gasteiger partial charge in [0.2, 0.25) is 0 Å². The molecule has 2 rings (SSSR count). The number of likely N-dealkylation sites (tertiary alicyclic amines) is 1. The van der Waals surface area contributed by atoms with Gasteiger partial charge in [-0.25, -0.2) is 9.17 Å². The Morgan fingerprint density at radius 2 is 2.24 bits per heavy atom. The summed E-state index contributed by atoms with van der Waals surface area (Å²) in [6.45, 7) is 5.99. The molecule has 1 aromatic rings. The zero-order valence-electron chi connectivity index (χ0n) is 10.1. The normalized spacial score (nSPS) is 18.7. The largest absolute Gasteiger partial charge is 0.444 e. The van der Waals surface area contributed by atoms with Crippen LogP contribution in [0.25, 0.3) is 0 Å². The molecule has 0 saturated carbocycles. The first-order chi connectivity index (χ1) is 7.80. The van der Waals surface area contributed by atoms with E-state index < -0.39 is 11.2 Å². The number of carbonyl (C=O) groups is 1. The van der Waals surface area contributed by atoms with E-state index in [9.17, 15) is 9.90 Å². The van der Waals surface area contributed by atoms with Crippen molar-refractivity contribution in [2.24, 2.45) is 0 Å². The van der Waals surface area contributed by atoms with Crippen molar-refractivity contribution >= 4 is 17.6 Å². The van der Waals surface area contributed by atoms with Crippen LogP contribution in [0, 0.1) is 0 Å². The van der Waals surface area contributed by atoms with Gasteiger partial charge in [-0.15, -0.1) is 0 Å². The van der Waals surface area contributed by atoms with Gasteiger partial charge in [-0.2, -0.15) is 0 Å². The highest BCUT2D eigenvalue weighted by molar-refractivity contribution is 7.05. The molecule has 1 aromatic heterocycles. The summed E-state index contributed by atoms with van der Waals surface area (Å²) in [4.78, 5) is 14.0. The Balaban J connectivity index is 1.93. The smallest absolute Gasteiger partial charge is 0.410 e. The van der Waals surface area contributed by atoms with E-state index in [0.29, 0.717) is 0 Å². The van der Waals surface area contributed by atoms with E-state index in [0.717, 1.165) is 4.88 Å². The third-order valence-corrected chi connectivity index (χ3v) is 3.39. The highest BCUT2D eigenvalue weighted by atomic mass is 32.1. The van der Waals surface area contributed by atoms with Gasteiger partial charge >= 0.3 is 6.09 Å². The lowest BCUT2D eigenvalue weighted by Crippen LogP contribution is -2.61. The van der Waals surface area contributed by atoms with Crippen LogP contribution in [0.2, 0.25) is 0 Å². The summed E-state index contributed by atoms with van der Waals surface area (Å²) in [7, 11) is 0. The molecule has 6 heteroatoms. The molecule has 0 spiro atoms. The number of hydrogen-bond donors (Lipinski definition) is 1. The molecule has 1 amide bonds. The Kier molecular flexibility index (Phi) is 2.87. The molecule has 2 heterocycles. The standard InChI is InChI=1S/C11H16N2O3S/c1-10(2,3)16-9(14)13-6-11(15,7-13)8-4-5-12-17-8/h4-5,15H,6-7H2,1-3H3. The maximum absolute atomic E-state index is 11.7. The Hall–Kier alpha value is -1.14. The second kappa shape index (κ2) is 3.96. The van der Waals surface area contributed by atoms with Crippen LogP contribution in [-0.4, -0.2) is 39.2 Å². The zero-order chi connectivity index (χ0) is 12.7. The van der Waals surface area contributed by atoms with E-state index in [1.807, 2.05) is 20.8 Å². The molecule has 1 aliphatic heterocycles. The lowest BCUT2D eigenvalue weighted by atomic mass is 9.93. The molecule has 0 radical (unpaired) electrons. The first kappa shape index (κ1) is 12.3. The topological polar surface area (TPSA) is 62.7 Å². The summed E-state index contributed by atoms with van der Waals surface area (Å²) in [6.07, 6.45) is 1.26. The van der Waals surface area contributed by atoms with Gasteiger partial charge in [-0.1, -0.05) is 0 Å². The SMILES string of the molecule is CC(C)(C)OC(=O)N1CC(O)(c2ccns2)C1. The van der Waals surface area contributed by atoms with Gasteiger partial charge < -0.3 is 14.7 Å². The third kappa shape index (κ3) is 2.58. The average Bonchev–Trinajstić information content (AvgIpc) is 2.62. The van der Waals surface area contributed by atoms with Crippen LogP contribution in [0.15, 0.2) is 12.3 Å². The molecule has 1 N–H and O–H groups in total. The molecule has 1 saturated heterocycles. The molecule has 17 heavy (non-hydrogen) atoms. The molecule has 5 nitrogen and oxygen atoms in total. The van der Waals surface area contributed by atoms with E-state index in [2.05, 4.69) is 4.37 Å². The van der Waals surface area contributed by atoms with E-state index in [4.69, 9.17) is 4.74 Å². The Bertz CT molecular complexity index is 405. The Labute approximate surface area is 104 Å². The highest BCUT2D eigenvalue weighted by Crippen LogP contribution is 2.34. The van der Waals surface area contributed by atoms with Crippen molar-refractivity contribution in [1.29, 1.82) is 0 Å². The zero-order valence-corrected chi connectivity index (χ0v) is 11.0. The second-order valence-electron chi connectivity index (χ2n) is 5.24. The summed E-state index contributed by atoms with van der Waals surface area (Å²) in [5.74, 6) is 0. The molecular weight excluding hydrogens is 240 g/mol. The van der Waals surface area contributed by atoms with Crippen molar-refractivity contribution in [3.8, 4) is 0 Å². The van der Waals surface area contributed by atoms with Crippen molar-refractivity contribution in [2.75, 3.05) is 13.1 Å². The van der Waals surface area contributed by atoms with Gasteiger partial charge in [0.1, 0.15) is 11.2 Å². The molecule has 1 aliphatic rings. The summed E-state index contributed by atoms with van der Waals surface area (Å²) >= 11 is 1.25. The van der Waals surface area contributed by atoms with Crippen LogP contribution < -0.4 is 0 Å². The van der Waals surface area contributed by atoms with Crippen molar-refractivity contribution in [3.05, 3.63) is 17.1 Å². The van der Waals surface area contributed by atoms with Crippen LogP contribution in [0.4, 0.5) is 4.79 Å². The summed E-state index contributed by atoms with van der Waals surface area (Å²) in [5.41, 5.74) is -1.45. The number of ether oxygens (including phenoxy) is 1. The first-order valence-electron chi connectivity index (χ1n) is 5.42. The number of β-amino-alcohol motifs (C(OH)–C–C–N with tert-alkyl or cyclic N) is 1. The fraction of sp³-hybridized carbons (Fsp3) is 0.636. The lowest BCUT2D eigenvalue weighted by molar-refractivity contribution is -0.101. The van der Waals surface area contributed by atoms with Crippen LogP contribution in [0.3, 0.4) is 0 Å². The number of aromatic nitrogens is 1. The average molecular weight is 256 g/mol. The highest BCUT2D eigenvalue weighted by Gasteiger charge is 2.47. The molecule has 1 fully saturated rings. The van der Waals surface area contributed by atoms with Gasteiger partial charge in [-0.3, -0.25) is 0 Å². The van der Waals surface area contributed by atoms with Crippen molar-refractivity contribution < 1.29 is 14.6 Å². The number of amides is 1. The minimum atomic E-state index is -0.946. The third-order valence-electron chi connectivity index (χ3n) is 2.45. The molecule has 0 atom stereocenters. The van der Waals surface area contributed by atoms with Gasteiger partial charge in [0, 0.05) is 6.20 Å². The second-order valence-corrected chi connectivity index (χ2v) is 6.08. The number of rotatable bonds is 1. The quantitative estimate of drug-likeness (QED) is 0.828.